The molecule has 0 bridgehead atoms. The Balaban J connectivity index is 1.87. The Bertz CT molecular complexity index is 493. The number of hydrogen-bond acceptors (Lipinski definition) is 3. The molecule has 1 N–H and O–H groups in total. The fraction of sp³-hybridized carbons (Fsp3) is 0.400. The van der Waals surface area contributed by atoms with Crippen LogP contribution in [0.4, 0.5) is 0 Å². The molecule has 1 aromatic rings. The number of hydrogen-bond donors (Lipinski definition) is 1. The lowest BCUT2D eigenvalue weighted by atomic mass is 10.1. The van der Waals surface area contributed by atoms with Gasteiger partial charge in [0, 0.05) is 24.0 Å². The molecular formula is C15H20N2O2. The number of carbonyl (C=O) groups is 1. The van der Waals surface area contributed by atoms with Gasteiger partial charge in [-0.05, 0) is 45.1 Å². The minimum Gasteiger partial charge on any atom is -0.469 e. The molecule has 0 aromatic carbocycles. The third-order valence-electron chi connectivity index (χ3n) is 3.00. The number of rotatable bonds is 3. The van der Waals surface area contributed by atoms with Crippen LogP contribution in [0.5, 0.6) is 0 Å². The number of carbonyl (C=O) groups excluding carboxylic acids is 1. The number of amides is 1. The summed E-state index contributed by atoms with van der Waals surface area (Å²) in [5, 5.41) is 2.88. The van der Waals surface area contributed by atoms with E-state index in [4.69, 9.17) is 4.42 Å². The van der Waals surface area contributed by atoms with Gasteiger partial charge in [-0.2, -0.15) is 0 Å². The zero-order chi connectivity index (χ0) is 13.9. The van der Waals surface area contributed by atoms with Crippen LogP contribution in [-0.2, 0) is 11.2 Å². The summed E-state index contributed by atoms with van der Waals surface area (Å²) in [5.74, 6) is 0.615. The molecule has 1 aliphatic rings. The molecule has 0 spiro atoms. The minimum atomic E-state index is -0.0601. The SMILES string of the molecule is CC(C)(C)N1C=CC(NC(=O)Cc2ccco2)=CC1. The van der Waals surface area contributed by atoms with Gasteiger partial charge < -0.3 is 14.6 Å². The van der Waals surface area contributed by atoms with Gasteiger partial charge in [-0.3, -0.25) is 4.79 Å². The molecule has 1 amide bonds. The molecule has 0 atom stereocenters. The number of furan rings is 1. The average Bonchev–Trinajstić information content (AvgIpc) is 2.81. The summed E-state index contributed by atoms with van der Waals surface area (Å²) in [4.78, 5) is 14.0. The Morgan fingerprint density at radius 2 is 2.26 bits per heavy atom. The van der Waals surface area contributed by atoms with Crippen molar-refractivity contribution < 1.29 is 9.21 Å². The smallest absolute Gasteiger partial charge is 0.231 e. The quantitative estimate of drug-likeness (QED) is 0.908. The fourth-order valence-corrected chi connectivity index (χ4v) is 1.86. The van der Waals surface area contributed by atoms with E-state index in [1.807, 2.05) is 18.4 Å². The van der Waals surface area contributed by atoms with E-state index in [0.29, 0.717) is 5.76 Å². The molecule has 0 radical (unpaired) electrons. The van der Waals surface area contributed by atoms with Crippen molar-refractivity contribution in [3.05, 3.63) is 48.2 Å². The van der Waals surface area contributed by atoms with Gasteiger partial charge in [-0.1, -0.05) is 0 Å². The molecule has 102 valence electrons. The predicted molar refractivity (Wildman–Crippen MR) is 74.2 cm³/mol. The van der Waals surface area contributed by atoms with Crippen LogP contribution in [0.3, 0.4) is 0 Å². The van der Waals surface area contributed by atoms with Crippen molar-refractivity contribution in [1.82, 2.24) is 10.2 Å². The Labute approximate surface area is 113 Å². The van der Waals surface area contributed by atoms with Gasteiger partial charge in [0.2, 0.25) is 5.91 Å². The van der Waals surface area contributed by atoms with Crippen molar-refractivity contribution in [3.63, 3.8) is 0 Å². The molecule has 2 heterocycles. The van der Waals surface area contributed by atoms with Gasteiger partial charge in [0.05, 0.1) is 12.7 Å². The lowest BCUT2D eigenvalue weighted by molar-refractivity contribution is -0.119. The van der Waals surface area contributed by atoms with Crippen LogP contribution in [0, 0.1) is 0 Å². The van der Waals surface area contributed by atoms with Gasteiger partial charge in [-0.15, -0.1) is 0 Å². The zero-order valence-corrected chi connectivity index (χ0v) is 11.6. The third-order valence-corrected chi connectivity index (χ3v) is 3.00. The van der Waals surface area contributed by atoms with E-state index >= 15 is 0 Å². The summed E-state index contributed by atoms with van der Waals surface area (Å²) < 4.78 is 5.15. The van der Waals surface area contributed by atoms with E-state index in [9.17, 15) is 4.79 Å². The highest BCUT2D eigenvalue weighted by atomic mass is 16.3. The number of nitrogens with one attached hydrogen (secondary N) is 1. The summed E-state index contributed by atoms with van der Waals surface area (Å²) in [6.07, 6.45) is 7.80. The van der Waals surface area contributed by atoms with Crippen LogP contribution in [0.2, 0.25) is 0 Å². The molecular weight excluding hydrogens is 240 g/mol. The Morgan fingerprint density at radius 1 is 1.47 bits per heavy atom. The molecule has 0 aliphatic carbocycles. The van der Waals surface area contributed by atoms with Crippen LogP contribution < -0.4 is 5.32 Å². The maximum Gasteiger partial charge on any atom is 0.231 e. The topological polar surface area (TPSA) is 45.5 Å². The van der Waals surface area contributed by atoms with Crippen molar-refractivity contribution in [3.8, 4) is 0 Å². The van der Waals surface area contributed by atoms with Crippen LogP contribution in [0.25, 0.3) is 0 Å². The van der Waals surface area contributed by atoms with Gasteiger partial charge in [0.15, 0.2) is 0 Å². The first-order chi connectivity index (χ1) is 8.95. The van der Waals surface area contributed by atoms with Crippen LogP contribution in [-0.4, -0.2) is 22.9 Å². The largest absolute Gasteiger partial charge is 0.469 e. The van der Waals surface area contributed by atoms with E-state index in [-0.39, 0.29) is 17.9 Å². The van der Waals surface area contributed by atoms with E-state index in [2.05, 4.69) is 31.0 Å². The second-order valence-electron chi connectivity index (χ2n) is 5.60. The highest BCUT2D eigenvalue weighted by Gasteiger charge is 2.19. The monoisotopic (exact) mass is 260 g/mol. The maximum atomic E-state index is 11.8. The Kier molecular flexibility index (Phi) is 3.79. The summed E-state index contributed by atoms with van der Waals surface area (Å²) in [7, 11) is 0. The summed E-state index contributed by atoms with van der Waals surface area (Å²) in [5.41, 5.74) is 0.938. The van der Waals surface area contributed by atoms with E-state index < -0.39 is 0 Å². The summed E-state index contributed by atoms with van der Waals surface area (Å²) in [6, 6.07) is 3.58. The summed E-state index contributed by atoms with van der Waals surface area (Å²) in [6.45, 7) is 7.28. The lowest BCUT2D eigenvalue weighted by Crippen LogP contribution is -2.39. The van der Waals surface area contributed by atoms with Gasteiger partial charge >= 0.3 is 0 Å². The third kappa shape index (κ3) is 3.74. The molecule has 0 fully saturated rings. The first kappa shape index (κ1) is 13.5. The van der Waals surface area contributed by atoms with Crippen molar-refractivity contribution in [2.45, 2.75) is 32.7 Å². The molecule has 19 heavy (non-hydrogen) atoms. The minimum absolute atomic E-state index is 0.0601. The lowest BCUT2D eigenvalue weighted by Gasteiger charge is -2.35. The first-order valence-corrected chi connectivity index (χ1v) is 6.42. The molecule has 4 nitrogen and oxygen atoms in total. The van der Waals surface area contributed by atoms with Gasteiger partial charge in [-0.25, -0.2) is 0 Å². The second-order valence-corrected chi connectivity index (χ2v) is 5.60. The normalized spacial score (nSPS) is 15.3. The van der Waals surface area contributed by atoms with Crippen LogP contribution in [0.1, 0.15) is 26.5 Å². The molecule has 1 aliphatic heterocycles. The van der Waals surface area contributed by atoms with Crippen molar-refractivity contribution in [2.24, 2.45) is 0 Å². The van der Waals surface area contributed by atoms with Gasteiger partial charge in [0.1, 0.15) is 5.76 Å². The van der Waals surface area contributed by atoms with Crippen LogP contribution >= 0.6 is 0 Å². The Morgan fingerprint density at radius 3 is 2.79 bits per heavy atom. The van der Waals surface area contributed by atoms with E-state index in [0.717, 1.165) is 12.2 Å². The van der Waals surface area contributed by atoms with Crippen molar-refractivity contribution >= 4 is 5.91 Å². The van der Waals surface area contributed by atoms with Crippen molar-refractivity contribution in [2.75, 3.05) is 6.54 Å². The molecule has 1 aromatic heterocycles. The standard InChI is InChI=1S/C15H20N2O2/c1-15(2,3)17-8-6-12(7-9-17)16-14(18)11-13-5-4-10-19-13/h4-8,10H,9,11H2,1-3H3,(H,16,18). The second kappa shape index (κ2) is 5.34. The molecule has 0 saturated carbocycles. The molecule has 0 unspecified atom stereocenters. The average molecular weight is 260 g/mol. The Hall–Kier alpha value is -1.97. The van der Waals surface area contributed by atoms with Gasteiger partial charge in [0.25, 0.3) is 0 Å². The molecule has 0 saturated heterocycles. The fourth-order valence-electron chi connectivity index (χ4n) is 1.86. The highest BCUT2D eigenvalue weighted by molar-refractivity contribution is 5.80. The molecule has 4 heteroatoms. The highest BCUT2D eigenvalue weighted by Crippen LogP contribution is 2.17. The summed E-state index contributed by atoms with van der Waals surface area (Å²) >= 11 is 0. The zero-order valence-electron chi connectivity index (χ0n) is 11.6. The number of allylic oxidation sites excluding steroid dienone is 1. The van der Waals surface area contributed by atoms with Crippen molar-refractivity contribution in [1.29, 1.82) is 0 Å². The van der Waals surface area contributed by atoms with E-state index in [1.54, 1.807) is 18.4 Å². The molecule has 2 rings (SSSR count). The maximum absolute atomic E-state index is 11.8. The van der Waals surface area contributed by atoms with E-state index in [1.165, 1.54) is 0 Å². The predicted octanol–water partition coefficient (Wildman–Crippen LogP) is 2.45. The van der Waals surface area contributed by atoms with Crippen LogP contribution in [0.15, 0.2) is 46.9 Å². The first-order valence-electron chi connectivity index (χ1n) is 6.42. The number of nitrogens with zero attached hydrogens (tertiary/aromatic N) is 1.